The number of benzene rings is 1. The Balaban J connectivity index is 1.49. The Kier molecular flexibility index (Phi) is 8.12. The van der Waals surface area contributed by atoms with Crippen LogP contribution < -0.4 is 20.1 Å². The molecule has 3 atom stereocenters. The van der Waals surface area contributed by atoms with Gasteiger partial charge in [0, 0.05) is 24.0 Å². The van der Waals surface area contributed by atoms with Gasteiger partial charge in [0.05, 0.1) is 18.4 Å². The molecule has 10 heteroatoms. The number of nitrogens with one attached hydrogen (secondary N) is 2. The molecule has 0 radical (unpaired) electrons. The molecule has 9 nitrogen and oxygen atoms in total. The lowest BCUT2D eigenvalue weighted by molar-refractivity contribution is -0.138. The van der Waals surface area contributed by atoms with Crippen LogP contribution in [0.4, 0.5) is 4.79 Å². The van der Waals surface area contributed by atoms with Gasteiger partial charge in [0.1, 0.15) is 0 Å². The lowest BCUT2D eigenvalue weighted by Gasteiger charge is -2.40. The summed E-state index contributed by atoms with van der Waals surface area (Å²) in [4.78, 5) is 41.0. The standard InChI is InChI=1S/C25H31N3O6S/c1-2-3-6-18(20-9-10-26-25(32)28(20)14-17-5-4-11-35-17)23(29)27-13-19(24(30)31)16-7-8-21-22(12-16)34-15-33-21/h4-5,7-8,11-12,18-20H,2-3,6,9-10,13-15H2,1H3,(H,26,32)(H,27,29)(H,30,31)/t18-,19?,20?/m0/s1. The lowest BCUT2D eigenvalue weighted by Crippen LogP contribution is -2.57. The Morgan fingerprint density at radius 3 is 2.86 bits per heavy atom. The van der Waals surface area contributed by atoms with Gasteiger partial charge in [-0.3, -0.25) is 9.59 Å². The van der Waals surface area contributed by atoms with Gasteiger partial charge in [-0.25, -0.2) is 4.79 Å². The fraction of sp³-hybridized carbons (Fsp3) is 0.480. The van der Waals surface area contributed by atoms with Crippen LogP contribution in [0.5, 0.6) is 11.5 Å². The Labute approximate surface area is 208 Å². The molecule has 0 spiro atoms. The molecule has 1 aromatic heterocycles. The number of amides is 3. The summed E-state index contributed by atoms with van der Waals surface area (Å²) < 4.78 is 10.7. The first-order valence-corrected chi connectivity index (χ1v) is 12.8. The van der Waals surface area contributed by atoms with Gasteiger partial charge >= 0.3 is 12.0 Å². The number of carbonyl (C=O) groups excluding carboxylic acids is 2. The molecule has 188 valence electrons. The third kappa shape index (κ3) is 5.87. The zero-order valence-corrected chi connectivity index (χ0v) is 20.5. The van der Waals surface area contributed by atoms with Crippen LogP contribution in [0.15, 0.2) is 35.7 Å². The van der Waals surface area contributed by atoms with E-state index < -0.39 is 17.8 Å². The van der Waals surface area contributed by atoms with Gasteiger partial charge < -0.3 is 30.1 Å². The molecule has 2 unspecified atom stereocenters. The van der Waals surface area contributed by atoms with E-state index in [0.29, 0.717) is 43.0 Å². The summed E-state index contributed by atoms with van der Waals surface area (Å²) in [6, 6.07) is 8.51. The van der Waals surface area contributed by atoms with Gasteiger partial charge in [0.25, 0.3) is 0 Å². The van der Waals surface area contributed by atoms with E-state index in [2.05, 4.69) is 17.6 Å². The van der Waals surface area contributed by atoms with Gasteiger partial charge in [0.2, 0.25) is 12.7 Å². The number of fused-ring (bicyclic) bond motifs is 1. The van der Waals surface area contributed by atoms with Crippen LogP contribution in [0.2, 0.25) is 0 Å². The number of hydrogen-bond acceptors (Lipinski definition) is 6. The summed E-state index contributed by atoms with van der Waals surface area (Å²) in [6.45, 7) is 3.06. The smallest absolute Gasteiger partial charge is 0.318 e. The van der Waals surface area contributed by atoms with Crippen molar-refractivity contribution in [1.82, 2.24) is 15.5 Å². The van der Waals surface area contributed by atoms with Crippen molar-refractivity contribution in [2.45, 2.75) is 51.1 Å². The molecule has 2 aliphatic heterocycles. The molecule has 0 bridgehead atoms. The number of thiophene rings is 1. The zero-order chi connectivity index (χ0) is 24.8. The van der Waals surface area contributed by atoms with Crippen molar-refractivity contribution >= 4 is 29.2 Å². The molecular weight excluding hydrogens is 470 g/mol. The van der Waals surface area contributed by atoms with Crippen LogP contribution in [0.1, 0.15) is 49.0 Å². The minimum atomic E-state index is -1.04. The molecule has 1 saturated heterocycles. The maximum atomic E-state index is 13.4. The number of hydrogen-bond donors (Lipinski definition) is 3. The van der Waals surface area contributed by atoms with Crippen molar-refractivity contribution in [3.63, 3.8) is 0 Å². The van der Waals surface area contributed by atoms with Crippen LogP contribution >= 0.6 is 11.3 Å². The lowest BCUT2D eigenvalue weighted by atomic mass is 9.88. The van der Waals surface area contributed by atoms with Crippen LogP contribution in [0.3, 0.4) is 0 Å². The summed E-state index contributed by atoms with van der Waals surface area (Å²) in [5, 5.41) is 17.6. The van der Waals surface area contributed by atoms with Gasteiger partial charge in [-0.15, -0.1) is 11.3 Å². The first kappa shape index (κ1) is 24.8. The number of urea groups is 1. The van der Waals surface area contributed by atoms with E-state index in [0.717, 1.165) is 17.7 Å². The second-order valence-corrected chi connectivity index (χ2v) is 9.82. The minimum Gasteiger partial charge on any atom is -0.481 e. The van der Waals surface area contributed by atoms with Crippen molar-refractivity contribution in [2.24, 2.45) is 5.92 Å². The molecule has 3 N–H and O–H groups in total. The summed E-state index contributed by atoms with van der Waals surface area (Å²) in [5.41, 5.74) is 0.531. The van der Waals surface area contributed by atoms with Crippen molar-refractivity contribution in [3.8, 4) is 11.5 Å². The Morgan fingerprint density at radius 1 is 1.29 bits per heavy atom. The Bertz CT molecular complexity index is 1040. The van der Waals surface area contributed by atoms with Crippen molar-refractivity contribution in [2.75, 3.05) is 19.9 Å². The third-order valence-electron chi connectivity index (χ3n) is 6.53. The molecule has 3 amide bonds. The van der Waals surface area contributed by atoms with E-state index in [1.54, 1.807) is 34.4 Å². The highest BCUT2D eigenvalue weighted by molar-refractivity contribution is 7.09. The number of nitrogens with zero attached hydrogens (tertiary/aromatic N) is 1. The van der Waals surface area contributed by atoms with Crippen molar-refractivity contribution < 1.29 is 29.0 Å². The molecule has 0 aliphatic carbocycles. The highest BCUT2D eigenvalue weighted by Gasteiger charge is 2.38. The quantitative estimate of drug-likeness (QED) is 0.434. The summed E-state index contributed by atoms with van der Waals surface area (Å²) in [5.74, 6) is -1.54. The summed E-state index contributed by atoms with van der Waals surface area (Å²) >= 11 is 1.58. The largest absolute Gasteiger partial charge is 0.481 e. The Morgan fingerprint density at radius 2 is 2.11 bits per heavy atom. The number of carboxylic acid groups (broad SMARTS) is 1. The number of aliphatic carboxylic acids is 1. The number of carboxylic acids is 1. The minimum absolute atomic E-state index is 0.0553. The molecule has 3 heterocycles. The number of rotatable bonds is 11. The normalized spacial score (nSPS) is 18.6. The average Bonchev–Trinajstić information content (AvgIpc) is 3.53. The maximum absolute atomic E-state index is 13.4. The van der Waals surface area contributed by atoms with Crippen molar-refractivity contribution in [1.29, 1.82) is 0 Å². The number of unbranched alkanes of at least 4 members (excludes halogenated alkanes) is 1. The number of ether oxygens (including phenoxy) is 2. The maximum Gasteiger partial charge on any atom is 0.318 e. The molecule has 0 saturated carbocycles. The van der Waals surface area contributed by atoms with Gasteiger partial charge in [-0.2, -0.15) is 0 Å². The predicted molar refractivity (Wildman–Crippen MR) is 131 cm³/mol. The second kappa shape index (κ2) is 11.4. The molecule has 1 aromatic carbocycles. The zero-order valence-electron chi connectivity index (χ0n) is 19.7. The van der Waals surface area contributed by atoms with Crippen LogP contribution in [0.25, 0.3) is 0 Å². The van der Waals surface area contributed by atoms with Gasteiger partial charge in [-0.1, -0.05) is 31.9 Å². The fourth-order valence-electron chi connectivity index (χ4n) is 4.65. The highest BCUT2D eigenvalue weighted by atomic mass is 32.1. The van der Waals surface area contributed by atoms with E-state index in [1.807, 2.05) is 17.5 Å². The SMILES string of the molecule is CCCC[C@H](C(=O)NCC(C(=O)O)c1ccc2c(c1)OCO2)C1CCNC(=O)N1Cc1cccs1. The molecule has 1 fully saturated rings. The number of carbonyl (C=O) groups is 3. The Hall–Kier alpha value is -3.27. The topological polar surface area (TPSA) is 117 Å². The monoisotopic (exact) mass is 501 g/mol. The first-order chi connectivity index (χ1) is 17.0. The summed E-state index contributed by atoms with van der Waals surface area (Å²) in [6.07, 6.45) is 3.04. The van der Waals surface area contributed by atoms with E-state index in [9.17, 15) is 19.5 Å². The van der Waals surface area contributed by atoms with Gasteiger partial charge in [0.15, 0.2) is 11.5 Å². The second-order valence-electron chi connectivity index (χ2n) is 8.79. The first-order valence-electron chi connectivity index (χ1n) is 11.9. The average molecular weight is 502 g/mol. The van der Waals surface area contributed by atoms with Crippen LogP contribution in [-0.2, 0) is 16.1 Å². The van der Waals surface area contributed by atoms with E-state index in [1.165, 1.54) is 0 Å². The fourth-order valence-corrected chi connectivity index (χ4v) is 5.35. The third-order valence-corrected chi connectivity index (χ3v) is 7.39. The summed E-state index contributed by atoms with van der Waals surface area (Å²) in [7, 11) is 0. The van der Waals surface area contributed by atoms with E-state index in [-0.39, 0.29) is 31.3 Å². The molecule has 2 aromatic rings. The van der Waals surface area contributed by atoms with E-state index >= 15 is 0 Å². The molecule has 4 rings (SSSR count). The van der Waals surface area contributed by atoms with Crippen LogP contribution in [0, 0.1) is 5.92 Å². The van der Waals surface area contributed by atoms with E-state index in [4.69, 9.17) is 9.47 Å². The molecule has 2 aliphatic rings. The van der Waals surface area contributed by atoms with Crippen molar-refractivity contribution in [3.05, 3.63) is 46.2 Å². The predicted octanol–water partition coefficient (Wildman–Crippen LogP) is 3.55. The highest BCUT2D eigenvalue weighted by Crippen LogP contribution is 2.35. The van der Waals surface area contributed by atoms with Gasteiger partial charge in [-0.05, 0) is 42.0 Å². The molecule has 35 heavy (non-hydrogen) atoms. The van der Waals surface area contributed by atoms with Crippen LogP contribution in [-0.4, -0.2) is 53.8 Å². The molecular formula is C25H31N3O6S.